The van der Waals surface area contributed by atoms with E-state index in [1.54, 1.807) is 0 Å². The number of carbonyl (C=O) groups excluding carboxylic acids is 3. The van der Waals surface area contributed by atoms with Crippen molar-refractivity contribution in [2.24, 2.45) is 11.8 Å². The van der Waals surface area contributed by atoms with Crippen molar-refractivity contribution in [2.45, 2.75) is 60.0 Å². The molecule has 3 amide bonds. The molecule has 1 aliphatic heterocycles. The first-order valence-corrected chi connectivity index (χ1v) is 16.1. The number of benzene rings is 2. The molecule has 2 aromatic rings. The Morgan fingerprint density at radius 1 is 1.07 bits per heavy atom. The van der Waals surface area contributed by atoms with Crippen molar-refractivity contribution in [1.82, 2.24) is 10.2 Å². The van der Waals surface area contributed by atoms with Gasteiger partial charge in [-0.25, -0.2) is 26.4 Å². The number of methoxy groups -OCH3 is 1. The molecule has 244 valence electrons. The normalized spacial score (nSPS) is 27.7. The number of amides is 3. The molecule has 2 aromatic carbocycles. The van der Waals surface area contributed by atoms with Gasteiger partial charge in [0.2, 0.25) is 5.91 Å². The Hall–Kier alpha value is -3.40. The van der Waals surface area contributed by atoms with Gasteiger partial charge in [0, 0.05) is 36.5 Å². The minimum Gasteiger partial charge on any atom is -0.453 e. The summed E-state index contributed by atoms with van der Waals surface area (Å²) in [5.74, 6) is -7.36. The van der Waals surface area contributed by atoms with Crippen LogP contribution in [0.3, 0.4) is 0 Å². The number of anilines is 1. The van der Waals surface area contributed by atoms with Gasteiger partial charge in [-0.1, -0.05) is 11.6 Å². The molecule has 5 rings (SSSR count). The van der Waals surface area contributed by atoms with Crippen molar-refractivity contribution >= 4 is 45.0 Å². The number of hydrogen-bond acceptors (Lipinski definition) is 8. The number of halogens is 4. The second-order valence-electron chi connectivity index (χ2n) is 11.6. The lowest BCUT2D eigenvalue weighted by Gasteiger charge is -2.42. The summed E-state index contributed by atoms with van der Waals surface area (Å²) in [5.41, 5.74) is -2.00. The first-order valence-electron chi connectivity index (χ1n) is 14.2. The number of aliphatic hydroxyl groups excluding tert-OH is 1. The zero-order valence-corrected chi connectivity index (χ0v) is 25.5. The number of rotatable bonds is 7. The number of nitrogens with one attached hydrogen (secondary N) is 2. The van der Waals surface area contributed by atoms with Gasteiger partial charge in [0.1, 0.15) is 6.04 Å². The van der Waals surface area contributed by atoms with Gasteiger partial charge in [0.05, 0.1) is 34.0 Å². The fourth-order valence-corrected chi connectivity index (χ4v) is 9.17. The molecule has 3 unspecified atom stereocenters. The van der Waals surface area contributed by atoms with Crippen LogP contribution in [0.25, 0.3) is 0 Å². The molecule has 3 fully saturated rings. The van der Waals surface area contributed by atoms with E-state index < -0.39 is 80.0 Å². The van der Waals surface area contributed by atoms with Gasteiger partial charge in [-0.05, 0) is 62.1 Å². The van der Waals surface area contributed by atoms with E-state index in [1.165, 1.54) is 12.1 Å². The lowest BCUT2D eigenvalue weighted by atomic mass is 9.74. The predicted octanol–water partition coefficient (Wildman–Crippen LogP) is 3.02. The van der Waals surface area contributed by atoms with E-state index in [0.717, 1.165) is 18.1 Å². The Morgan fingerprint density at radius 3 is 2.29 bits per heavy atom. The molecule has 1 heterocycles. The Labute approximate surface area is 261 Å². The first kappa shape index (κ1) is 33.0. The molecule has 2 bridgehead atoms. The van der Waals surface area contributed by atoms with Crippen LogP contribution >= 0.6 is 11.6 Å². The molecule has 16 heteroatoms. The van der Waals surface area contributed by atoms with E-state index in [2.05, 4.69) is 15.4 Å². The van der Waals surface area contributed by atoms with Gasteiger partial charge in [-0.2, -0.15) is 0 Å². The van der Waals surface area contributed by atoms with Crippen LogP contribution in [0.4, 0.5) is 23.7 Å². The Morgan fingerprint density at radius 2 is 1.69 bits per heavy atom. The average Bonchev–Trinajstić information content (AvgIpc) is 3.41. The monoisotopic (exact) mass is 673 g/mol. The highest BCUT2D eigenvalue weighted by atomic mass is 35.5. The van der Waals surface area contributed by atoms with Crippen molar-refractivity contribution in [2.75, 3.05) is 25.5 Å². The van der Waals surface area contributed by atoms with Gasteiger partial charge >= 0.3 is 6.09 Å². The highest BCUT2D eigenvalue weighted by Crippen LogP contribution is 2.52. The largest absolute Gasteiger partial charge is 0.453 e. The van der Waals surface area contributed by atoms with Crippen molar-refractivity contribution in [1.29, 1.82) is 0 Å². The fourth-order valence-electron chi connectivity index (χ4n) is 6.77. The van der Waals surface area contributed by atoms with Gasteiger partial charge < -0.3 is 25.6 Å². The predicted molar refractivity (Wildman–Crippen MR) is 154 cm³/mol. The summed E-state index contributed by atoms with van der Waals surface area (Å²) in [5, 5.41) is 25.6. The molecule has 0 spiro atoms. The van der Waals surface area contributed by atoms with Crippen LogP contribution in [0.1, 0.15) is 42.5 Å². The maximum atomic E-state index is 13.8. The molecular weight excluding hydrogens is 643 g/mol. The number of nitrogens with zero attached hydrogens (tertiary/aromatic N) is 1. The molecule has 1 saturated heterocycles. The third kappa shape index (κ3) is 6.10. The standard InChI is InChI=1S/C29H31ClF3N3O8S/c1-44-28(40)36-7-6-22(37)25(36)27(39)34-13-29(41)15-3-4-16(29)10-18(9-15)45(42,43)23-8-14(2-5-19(23)30)26(38)35-17-11-20(31)24(33)21(32)12-17/h2,5,8,11-12,15-16,18,22,25,37,41H,3-4,6-7,9-10,13H2,1H3,(H,34,39)(H,35,38)/t15-,16?,18?,22-,25-,29?/m0/s1. The van der Waals surface area contributed by atoms with E-state index in [0.29, 0.717) is 25.0 Å². The van der Waals surface area contributed by atoms with Crippen LogP contribution in [0, 0.1) is 29.3 Å². The van der Waals surface area contributed by atoms with Crippen LogP contribution in [-0.4, -0.2) is 84.6 Å². The second kappa shape index (κ2) is 12.4. The Bertz CT molecular complexity index is 1610. The molecule has 4 N–H and O–H groups in total. The number of carbonyl (C=O) groups is 3. The number of sulfone groups is 1. The lowest BCUT2D eigenvalue weighted by Crippen LogP contribution is -2.58. The lowest BCUT2D eigenvalue weighted by molar-refractivity contribution is -0.130. The van der Waals surface area contributed by atoms with Crippen LogP contribution in [0.2, 0.25) is 5.02 Å². The topological polar surface area (TPSA) is 162 Å². The summed E-state index contributed by atoms with van der Waals surface area (Å²) in [7, 11) is -3.00. The van der Waals surface area contributed by atoms with Crippen molar-refractivity contribution < 1.29 is 50.9 Å². The minimum absolute atomic E-state index is 0.0342. The van der Waals surface area contributed by atoms with Crippen LogP contribution < -0.4 is 10.6 Å². The summed E-state index contributed by atoms with van der Waals surface area (Å²) in [6, 6.07) is 3.44. The van der Waals surface area contributed by atoms with Crippen molar-refractivity contribution in [3.05, 3.63) is 58.4 Å². The van der Waals surface area contributed by atoms with Crippen molar-refractivity contribution in [3.8, 4) is 0 Å². The maximum Gasteiger partial charge on any atom is 0.410 e. The Balaban J connectivity index is 1.29. The number of ether oxygens (including phenoxy) is 1. The highest BCUT2D eigenvalue weighted by Gasteiger charge is 2.56. The fraction of sp³-hybridized carbons (Fsp3) is 0.483. The van der Waals surface area contributed by atoms with Gasteiger partial charge in [-0.3, -0.25) is 14.5 Å². The van der Waals surface area contributed by atoms with Crippen molar-refractivity contribution in [3.63, 3.8) is 0 Å². The molecule has 0 radical (unpaired) electrons. The highest BCUT2D eigenvalue weighted by molar-refractivity contribution is 7.92. The number of likely N-dealkylation sites (tertiary alicyclic amines) is 1. The van der Waals surface area contributed by atoms with Gasteiger partial charge in [0.25, 0.3) is 5.91 Å². The minimum atomic E-state index is -4.16. The third-order valence-corrected chi connectivity index (χ3v) is 11.8. The quantitative estimate of drug-likeness (QED) is 0.326. The molecule has 3 aliphatic rings. The van der Waals surface area contributed by atoms with Gasteiger partial charge in [0.15, 0.2) is 27.3 Å². The molecular formula is C29H31ClF3N3O8S. The van der Waals surface area contributed by atoms with Crippen LogP contribution in [0.5, 0.6) is 0 Å². The number of aliphatic hydroxyl groups is 2. The SMILES string of the molecule is COC(=O)N1CC[C@H](O)[C@H]1C(=O)NCC1(O)C2CC[C@H]1CC(S(=O)(=O)c1cc(C(=O)Nc3cc(F)c(F)c(F)c3)ccc1Cl)C2. The maximum absolute atomic E-state index is 13.8. The zero-order chi connectivity index (χ0) is 32.8. The molecule has 6 atom stereocenters. The van der Waals surface area contributed by atoms with Crippen LogP contribution in [0.15, 0.2) is 35.2 Å². The Kier molecular flexibility index (Phi) is 9.10. The van der Waals surface area contributed by atoms with E-state index in [9.17, 15) is 46.2 Å². The number of hydrogen-bond donors (Lipinski definition) is 4. The number of fused-ring (bicyclic) bond motifs is 2. The molecule has 11 nitrogen and oxygen atoms in total. The zero-order valence-electron chi connectivity index (χ0n) is 23.9. The van der Waals surface area contributed by atoms with Crippen LogP contribution in [-0.2, 0) is 19.4 Å². The van der Waals surface area contributed by atoms with Gasteiger partial charge in [-0.15, -0.1) is 0 Å². The summed E-state index contributed by atoms with van der Waals surface area (Å²) in [6.45, 7) is -0.0943. The molecule has 45 heavy (non-hydrogen) atoms. The molecule has 2 aliphatic carbocycles. The summed E-state index contributed by atoms with van der Waals surface area (Å²) in [6.07, 6.45) is -0.656. The van der Waals surface area contributed by atoms with E-state index >= 15 is 0 Å². The molecule has 2 saturated carbocycles. The average molecular weight is 674 g/mol. The van der Waals surface area contributed by atoms with E-state index in [-0.39, 0.29) is 53.5 Å². The third-order valence-electron chi connectivity index (χ3n) is 9.14. The molecule has 0 aromatic heterocycles. The summed E-state index contributed by atoms with van der Waals surface area (Å²) in [4.78, 5) is 38.6. The first-order chi connectivity index (χ1) is 21.2. The second-order valence-corrected chi connectivity index (χ2v) is 14.2. The van der Waals surface area contributed by atoms with E-state index in [4.69, 9.17) is 11.6 Å². The smallest absolute Gasteiger partial charge is 0.410 e. The summed E-state index contributed by atoms with van der Waals surface area (Å²) >= 11 is 6.27. The summed E-state index contributed by atoms with van der Waals surface area (Å²) < 4.78 is 72.8. The van der Waals surface area contributed by atoms with E-state index in [1.807, 2.05) is 0 Å².